The fourth-order valence-corrected chi connectivity index (χ4v) is 3.43. The van der Waals surface area contributed by atoms with E-state index < -0.39 is 0 Å². The van der Waals surface area contributed by atoms with Crippen molar-refractivity contribution >= 4 is 11.5 Å². The van der Waals surface area contributed by atoms with Crippen molar-refractivity contribution in [1.82, 2.24) is 24.9 Å². The molecule has 2 aromatic heterocycles. The standard InChI is InChI=1S/C12H16N6O/c1-7-9-4-13-3-8(9)5-17(7)10-2-11-15-16-12(19)18(11)6-14-10/h2,6-9,13H,3-5H2,1H3,(H,16,19). The average molecular weight is 260 g/mol. The van der Waals surface area contributed by atoms with Gasteiger partial charge in [-0.25, -0.2) is 19.3 Å². The molecule has 2 aliphatic rings. The Balaban J connectivity index is 1.72. The molecule has 7 heteroatoms. The Kier molecular flexibility index (Phi) is 2.20. The van der Waals surface area contributed by atoms with E-state index in [1.165, 1.54) is 4.40 Å². The summed E-state index contributed by atoms with van der Waals surface area (Å²) in [7, 11) is 0. The molecular weight excluding hydrogens is 244 g/mol. The smallest absolute Gasteiger partial charge is 0.348 e. The van der Waals surface area contributed by atoms with Gasteiger partial charge in [0, 0.05) is 31.7 Å². The number of nitrogens with one attached hydrogen (secondary N) is 2. The molecule has 0 aliphatic carbocycles. The van der Waals surface area contributed by atoms with Crippen molar-refractivity contribution in [1.29, 1.82) is 0 Å². The highest BCUT2D eigenvalue weighted by Gasteiger charge is 2.42. The summed E-state index contributed by atoms with van der Waals surface area (Å²) in [6, 6.07) is 2.35. The molecule has 0 saturated carbocycles. The van der Waals surface area contributed by atoms with E-state index in [-0.39, 0.29) is 5.69 Å². The number of rotatable bonds is 1. The first-order chi connectivity index (χ1) is 9.24. The molecule has 100 valence electrons. The van der Waals surface area contributed by atoms with Crippen LogP contribution in [0.5, 0.6) is 0 Å². The number of H-pyrrole nitrogens is 1. The van der Waals surface area contributed by atoms with Crippen molar-refractivity contribution in [2.45, 2.75) is 13.0 Å². The minimum absolute atomic E-state index is 0.246. The highest BCUT2D eigenvalue weighted by Crippen LogP contribution is 2.34. The number of nitrogens with zero attached hydrogens (tertiary/aromatic N) is 4. The minimum Gasteiger partial charge on any atom is -0.353 e. The lowest BCUT2D eigenvalue weighted by atomic mass is 9.95. The summed E-state index contributed by atoms with van der Waals surface area (Å²) in [5.41, 5.74) is 0.377. The first-order valence-electron chi connectivity index (χ1n) is 6.64. The van der Waals surface area contributed by atoms with Crippen LogP contribution in [0.4, 0.5) is 5.82 Å². The van der Waals surface area contributed by atoms with Gasteiger partial charge in [-0.15, -0.1) is 0 Å². The van der Waals surface area contributed by atoms with E-state index >= 15 is 0 Å². The molecule has 0 spiro atoms. The van der Waals surface area contributed by atoms with Gasteiger partial charge in [-0.2, -0.15) is 5.10 Å². The highest BCUT2D eigenvalue weighted by molar-refractivity contribution is 5.51. The van der Waals surface area contributed by atoms with E-state index in [0.29, 0.717) is 23.5 Å². The predicted octanol–water partition coefficient (Wildman–Crippen LogP) is -0.538. The van der Waals surface area contributed by atoms with Crippen molar-refractivity contribution in [3.05, 3.63) is 22.9 Å². The van der Waals surface area contributed by atoms with Crippen LogP contribution >= 0.6 is 0 Å². The van der Waals surface area contributed by atoms with Crippen LogP contribution in [0, 0.1) is 11.8 Å². The van der Waals surface area contributed by atoms with Crippen molar-refractivity contribution < 1.29 is 0 Å². The lowest BCUT2D eigenvalue weighted by Crippen LogP contribution is -2.33. The first kappa shape index (κ1) is 11.0. The number of aromatic amines is 1. The number of fused-ring (bicyclic) bond motifs is 2. The van der Waals surface area contributed by atoms with Gasteiger partial charge in [-0.1, -0.05) is 0 Å². The molecule has 2 saturated heterocycles. The quantitative estimate of drug-likeness (QED) is 0.720. The summed E-state index contributed by atoms with van der Waals surface area (Å²) in [6.45, 7) is 5.46. The normalized spacial score (nSPS) is 30.2. The lowest BCUT2D eigenvalue weighted by Gasteiger charge is -2.25. The molecule has 19 heavy (non-hydrogen) atoms. The Bertz CT molecular complexity index is 676. The molecule has 0 aromatic carbocycles. The van der Waals surface area contributed by atoms with Crippen molar-refractivity contribution in [2.75, 3.05) is 24.5 Å². The third kappa shape index (κ3) is 1.51. The summed E-state index contributed by atoms with van der Waals surface area (Å²) in [6.07, 6.45) is 1.55. The van der Waals surface area contributed by atoms with Gasteiger partial charge in [-0.05, 0) is 18.8 Å². The van der Waals surface area contributed by atoms with Crippen LogP contribution < -0.4 is 15.9 Å². The summed E-state index contributed by atoms with van der Waals surface area (Å²) >= 11 is 0. The Hall–Kier alpha value is -1.89. The first-order valence-corrected chi connectivity index (χ1v) is 6.64. The van der Waals surface area contributed by atoms with E-state index in [0.717, 1.165) is 25.5 Å². The van der Waals surface area contributed by atoms with E-state index in [9.17, 15) is 4.79 Å². The Morgan fingerprint density at radius 2 is 2.32 bits per heavy atom. The van der Waals surface area contributed by atoms with Crippen molar-refractivity contribution in [3.63, 3.8) is 0 Å². The second-order valence-corrected chi connectivity index (χ2v) is 5.48. The third-order valence-electron chi connectivity index (χ3n) is 4.52. The fourth-order valence-electron chi connectivity index (χ4n) is 3.43. The van der Waals surface area contributed by atoms with Gasteiger partial charge in [0.2, 0.25) is 0 Å². The molecule has 3 unspecified atom stereocenters. The van der Waals surface area contributed by atoms with Gasteiger partial charge in [0.25, 0.3) is 0 Å². The largest absolute Gasteiger partial charge is 0.353 e. The van der Waals surface area contributed by atoms with E-state index in [2.05, 4.69) is 32.3 Å². The van der Waals surface area contributed by atoms with Crippen LogP contribution in [0.1, 0.15) is 6.92 Å². The third-order valence-corrected chi connectivity index (χ3v) is 4.52. The second kappa shape index (κ2) is 3.80. The maximum absolute atomic E-state index is 11.4. The zero-order valence-corrected chi connectivity index (χ0v) is 10.7. The molecular formula is C12H16N6O. The van der Waals surface area contributed by atoms with Gasteiger partial charge >= 0.3 is 5.69 Å². The fraction of sp³-hybridized carbons (Fsp3) is 0.583. The molecule has 0 amide bonds. The molecule has 0 bridgehead atoms. The maximum Gasteiger partial charge on any atom is 0.348 e. The van der Waals surface area contributed by atoms with E-state index in [1.807, 2.05) is 6.07 Å². The van der Waals surface area contributed by atoms with E-state index in [4.69, 9.17) is 0 Å². The van der Waals surface area contributed by atoms with Crippen LogP contribution in [-0.4, -0.2) is 45.3 Å². The molecule has 4 heterocycles. The van der Waals surface area contributed by atoms with Crippen LogP contribution in [0.3, 0.4) is 0 Å². The van der Waals surface area contributed by atoms with Gasteiger partial charge in [-0.3, -0.25) is 0 Å². The van der Waals surface area contributed by atoms with Crippen molar-refractivity contribution in [2.24, 2.45) is 11.8 Å². The average Bonchev–Trinajstić information content (AvgIpc) is 3.08. The van der Waals surface area contributed by atoms with Crippen LogP contribution in [-0.2, 0) is 0 Å². The highest BCUT2D eigenvalue weighted by atomic mass is 16.1. The number of anilines is 1. The summed E-state index contributed by atoms with van der Waals surface area (Å²) in [5, 5.41) is 9.88. The van der Waals surface area contributed by atoms with Gasteiger partial charge in [0.05, 0.1) is 0 Å². The Morgan fingerprint density at radius 1 is 1.42 bits per heavy atom. The molecule has 7 nitrogen and oxygen atoms in total. The van der Waals surface area contributed by atoms with E-state index in [1.54, 1.807) is 6.33 Å². The van der Waals surface area contributed by atoms with Crippen LogP contribution in [0.2, 0.25) is 0 Å². The second-order valence-electron chi connectivity index (χ2n) is 5.48. The Labute approximate surface area is 109 Å². The molecule has 2 fully saturated rings. The summed E-state index contributed by atoms with van der Waals surface area (Å²) < 4.78 is 1.42. The monoisotopic (exact) mass is 260 g/mol. The van der Waals surface area contributed by atoms with Gasteiger partial charge < -0.3 is 10.2 Å². The maximum atomic E-state index is 11.4. The number of aromatic nitrogens is 4. The van der Waals surface area contributed by atoms with Crippen LogP contribution in [0.15, 0.2) is 17.2 Å². The minimum atomic E-state index is -0.246. The van der Waals surface area contributed by atoms with Gasteiger partial charge in [0.1, 0.15) is 12.1 Å². The zero-order chi connectivity index (χ0) is 13.0. The Morgan fingerprint density at radius 3 is 3.16 bits per heavy atom. The SMILES string of the molecule is CC1C2CNCC2CN1c1cc2n[nH]c(=O)n2cn1. The number of hydrogen-bond acceptors (Lipinski definition) is 5. The zero-order valence-electron chi connectivity index (χ0n) is 10.7. The number of hydrogen-bond donors (Lipinski definition) is 2. The van der Waals surface area contributed by atoms with Crippen molar-refractivity contribution in [3.8, 4) is 0 Å². The summed E-state index contributed by atoms with van der Waals surface area (Å²) in [5.74, 6) is 2.31. The van der Waals surface area contributed by atoms with Gasteiger partial charge in [0.15, 0.2) is 5.65 Å². The molecule has 4 rings (SSSR count). The summed E-state index contributed by atoms with van der Waals surface area (Å²) in [4.78, 5) is 18.2. The topological polar surface area (TPSA) is 78.3 Å². The lowest BCUT2D eigenvalue weighted by molar-refractivity contribution is 0.471. The molecule has 2 N–H and O–H groups in total. The molecule has 3 atom stereocenters. The predicted molar refractivity (Wildman–Crippen MR) is 70.3 cm³/mol. The molecule has 0 radical (unpaired) electrons. The molecule has 2 aromatic rings. The molecule has 2 aliphatic heterocycles. The van der Waals surface area contributed by atoms with Crippen LogP contribution in [0.25, 0.3) is 5.65 Å².